The number of carbonyl (C=O) groups is 2. The number of amides is 2. The molecule has 0 aromatic heterocycles. The van der Waals surface area contributed by atoms with E-state index in [9.17, 15) is 14.0 Å². The largest absolute Gasteiger partial charge is 0.359 e. The van der Waals surface area contributed by atoms with Gasteiger partial charge in [0.15, 0.2) is 0 Å². The van der Waals surface area contributed by atoms with E-state index in [0.717, 1.165) is 19.3 Å². The van der Waals surface area contributed by atoms with Gasteiger partial charge in [-0.05, 0) is 53.9 Å². The molecule has 0 saturated carbocycles. The van der Waals surface area contributed by atoms with E-state index in [4.69, 9.17) is 0 Å². The summed E-state index contributed by atoms with van der Waals surface area (Å²) in [7, 11) is 1.67. The lowest BCUT2D eigenvalue weighted by molar-refractivity contribution is -0.121. The topological polar surface area (TPSA) is 49.4 Å². The summed E-state index contributed by atoms with van der Waals surface area (Å²) in [4.78, 5) is 26.5. The molecule has 1 heterocycles. The SMILES string of the molecule is CNC(=O)CC1CC2(CCN(C(=O)c3ccccc3F)CC2)c2ccccc21. The number of likely N-dealkylation sites (tertiary alicyclic amines) is 1. The van der Waals surface area contributed by atoms with Crippen LogP contribution in [0.15, 0.2) is 48.5 Å². The Kier molecular flexibility index (Phi) is 4.92. The number of nitrogens with zero attached hydrogens (tertiary/aromatic N) is 1. The molecule has 1 N–H and O–H groups in total. The summed E-state index contributed by atoms with van der Waals surface area (Å²) in [6.45, 7) is 1.21. The lowest BCUT2D eigenvalue weighted by Crippen LogP contribution is -2.44. The molecule has 2 aromatic rings. The maximum Gasteiger partial charge on any atom is 0.256 e. The van der Waals surface area contributed by atoms with Crippen molar-refractivity contribution in [1.82, 2.24) is 10.2 Å². The van der Waals surface area contributed by atoms with E-state index in [1.54, 1.807) is 30.1 Å². The second kappa shape index (κ2) is 7.38. The Morgan fingerprint density at radius 1 is 1.11 bits per heavy atom. The zero-order valence-corrected chi connectivity index (χ0v) is 16.1. The van der Waals surface area contributed by atoms with Crippen LogP contribution in [0.3, 0.4) is 0 Å². The summed E-state index contributed by atoms with van der Waals surface area (Å²) >= 11 is 0. The van der Waals surface area contributed by atoms with Crippen LogP contribution in [-0.2, 0) is 10.2 Å². The molecule has 1 fully saturated rings. The Hall–Kier alpha value is -2.69. The summed E-state index contributed by atoms with van der Waals surface area (Å²) in [5, 5.41) is 2.73. The van der Waals surface area contributed by atoms with Crippen LogP contribution in [0.2, 0.25) is 0 Å². The van der Waals surface area contributed by atoms with Gasteiger partial charge in [-0.15, -0.1) is 0 Å². The van der Waals surface area contributed by atoms with E-state index in [1.165, 1.54) is 17.2 Å². The van der Waals surface area contributed by atoms with Gasteiger partial charge in [0.2, 0.25) is 5.91 Å². The van der Waals surface area contributed by atoms with Crippen molar-refractivity contribution in [3.05, 3.63) is 71.0 Å². The summed E-state index contributed by atoms with van der Waals surface area (Å²) in [5.74, 6) is -0.431. The molecular weight excluding hydrogens is 355 g/mol. The predicted octanol–water partition coefficient (Wildman–Crippen LogP) is 3.62. The van der Waals surface area contributed by atoms with Crippen molar-refractivity contribution >= 4 is 11.8 Å². The Morgan fingerprint density at radius 2 is 1.79 bits per heavy atom. The molecule has 1 aliphatic carbocycles. The van der Waals surface area contributed by atoms with Crippen molar-refractivity contribution < 1.29 is 14.0 Å². The highest BCUT2D eigenvalue weighted by Gasteiger charge is 2.46. The zero-order valence-electron chi connectivity index (χ0n) is 16.1. The Balaban J connectivity index is 1.53. The standard InChI is InChI=1S/C23H25FN2O2/c1-25-21(27)14-16-15-23(19-8-4-2-6-17(16)19)10-12-26(13-11-23)22(28)18-7-3-5-9-20(18)24/h2-9,16H,10-15H2,1H3,(H,25,27). The van der Waals surface area contributed by atoms with Crippen LogP contribution in [0, 0.1) is 5.82 Å². The first-order chi connectivity index (χ1) is 13.5. The van der Waals surface area contributed by atoms with Crippen LogP contribution in [0.5, 0.6) is 0 Å². The number of hydrogen-bond acceptors (Lipinski definition) is 2. The molecule has 1 aliphatic heterocycles. The minimum Gasteiger partial charge on any atom is -0.359 e. The van der Waals surface area contributed by atoms with Crippen molar-refractivity contribution in [1.29, 1.82) is 0 Å². The van der Waals surface area contributed by atoms with Crippen LogP contribution in [0.4, 0.5) is 4.39 Å². The molecule has 5 heteroatoms. The predicted molar refractivity (Wildman–Crippen MR) is 106 cm³/mol. The van der Waals surface area contributed by atoms with Crippen LogP contribution >= 0.6 is 0 Å². The maximum atomic E-state index is 14.0. The van der Waals surface area contributed by atoms with E-state index in [-0.39, 0.29) is 28.7 Å². The van der Waals surface area contributed by atoms with Gasteiger partial charge in [-0.25, -0.2) is 4.39 Å². The highest BCUT2D eigenvalue weighted by atomic mass is 19.1. The first kappa shape index (κ1) is 18.7. The molecule has 2 amide bonds. The molecule has 0 radical (unpaired) electrons. The van der Waals surface area contributed by atoms with E-state index >= 15 is 0 Å². The first-order valence-electron chi connectivity index (χ1n) is 9.88. The molecule has 1 spiro atoms. The quantitative estimate of drug-likeness (QED) is 0.884. The van der Waals surface area contributed by atoms with Gasteiger partial charge >= 0.3 is 0 Å². The number of rotatable bonds is 3. The van der Waals surface area contributed by atoms with Gasteiger partial charge in [0.1, 0.15) is 5.82 Å². The normalized spacial score (nSPS) is 20.1. The van der Waals surface area contributed by atoms with Gasteiger partial charge in [-0.1, -0.05) is 36.4 Å². The average Bonchev–Trinajstić information content (AvgIpc) is 3.01. The fourth-order valence-corrected chi connectivity index (χ4v) is 4.95. The van der Waals surface area contributed by atoms with Crippen LogP contribution in [-0.4, -0.2) is 36.9 Å². The summed E-state index contributed by atoms with van der Waals surface area (Å²) < 4.78 is 14.0. The highest BCUT2D eigenvalue weighted by molar-refractivity contribution is 5.94. The van der Waals surface area contributed by atoms with Crippen LogP contribution < -0.4 is 5.32 Å². The van der Waals surface area contributed by atoms with Crippen molar-refractivity contribution in [2.45, 2.75) is 37.0 Å². The smallest absolute Gasteiger partial charge is 0.256 e. The molecule has 1 atom stereocenters. The lowest BCUT2D eigenvalue weighted by atomic mass is 9.73. The molecule has 1 unspecified atom stereocenters. The Labute approximate surface area is 164 Å². The van der Waals surface area contributed by atoms with E-state index < -0.39 is 5.82 Å². The zero-order chi connectivity index (χ0) is 19.7. The third-order valence-electron chi connectivity index (χ3n) is 6.43. The minimum atomic E-state index is -0.468. The van der Waals surface area contributed by atoms with Gasteiger partial charge in [0, 0.05) is 26.6 Å². The second-order valence-corrected chi connectivity index (χ2v) is 7.92. The second-order valence-electron chi connectivity index (χ2n) is 7.92. The Morgan fingerprint density at radius 3 is 2.50 bits per heavy atom. The van der Waals surface area contributed by atoms with E-state index in [2.05, 4.69) is 23.5 Å². The molecule has 1 saturated heterocycles. The van der Waals surface area contributed by atoms with Crippen molar-refractivity contribution in [3.8, 4) is 0 Å². The average molecular weight is 380 g/mol. The third kappa shape index (κ3) is 3.19. The summed E-state index contributed by atoms with van der Waals surface area (Å²) in [6, 6.07) is 14.6. The number of fused-ring (bicyclic) bond motifs is 2. The number of hydrogen-bond donors (Lipinski definition) is 1. The number of carbonyl (C=O) groups excluding carboxylic acids is 2. The fraction of sp³-hybridized carbons (Fsp3) is 0.391. The third-order valence-corrected chi connectivity index (χ3v) is 6.43. The molecule has 146 valence electrons. The lowest BCUT2D eigenvalue weighted by Gasteiger charge is -2.40. The molecule has 28 heavy (non-hydrogen) atoms. The molecule has 4 nitrogen and oxygen atoms in total. The van der Waals surface area contributed by atoms with Gasteiger partial charge in [0.05, 0.1) is 5.56 Å². The number of piperidine rings is 1. The first-order valence-corrected chi connectivity index (χ1v) is 9.88. The fourth-order valence-electron chi connectivity index (χ4n) is 4.95. The number of benzene rings is 2. The maximum absolute atomic E-state index is 14.0. The molecule has 2 aromatic carbocycles. The summed E-state index contributed by atoms with van der Waals surface area (Å²) in [6.07, 6.45) is 3.11. The van der Waals surface area contributed by atoms with Gasteiger partial charge in [-0.3, -0.25) is 9.59 Å². The minimum absolute atomic E-state index is 0.00128. The van der Waals surface area contributed by atoms with Gasteiger partial charge in [0.25, 0.3) is 5.91 Å². The molecular formula is C23H25FN2O2. The van der Waals surface area contributed by atoms with E-state index in [1.807, 2.05) is 6.07 Å². The van der Waals surface area contributed by atoms with Crippen molar-refractivity contribution in [3.63, 3.8) is 0 Å². The van der Waals surface area contributed by atoms with Gasteiger partial charge < -0.3 is 10.2 Å². The van der Waals surface area contributed by atoms with Crippen LogP contribution in [0.1, 0.15) is 53.1 Å². The van der Waals surface area contributed by atoms with Gasteiger partial charge in [-0.2, -0.15) is 0 Å². The summed E-state index contributed by atoms with van der Waals surface area (Å²) in [5.41, 5.74) is 2.73. The van der Waals surface area contributed by atoms with Crippen LogP contribution in [0.25, 0.3) is 0 Å². The van der Waals surface area contributed by atoms with Crippen molar-refractivity contribution in [2.75, 3.05) is 20.1 Å². The molecule has 2 aliphatic rings. The monoisotopic (exact) mass is 380 g/mol. The number of nitrogens with one attached hydrogen (secondary N) is 1. The number of halogens is 1. The molecule has 4 rings (SSSR count). The highest BCUT2D eigenvalue weighted by Crippen LogP contribution is 2.52. The van der Waals surface area contributed by atoms with Crippen molar-refractivity contribution in [2.24, 2.45) is 0 Å². The Bertz CT molecular complexity index is 903. The molecule has 0 bridgehead atoms. The van der Waals surface area contributed by atoms with E-state index in [0.29, 0.717) is 19.5 Å².